The Hall–Kier alpha value is -2.36. The smallest absolute Gasteiger partial charge is 0.124 e. The van der Waals surface area contributed by atoms with Crippen LogP contribution >= 0.6 is 0 Å². The lowest BCUT2D eigenvalue weighted by Crippen LogP contribution is -1.87. The predicted molar refractivity (Wildman–Crippen MR) is 73.2 cm³/mol. The van der Waals surface area contributed by atoms with Crippen molar-refractivity contribution in [2.45, 2.75) is 0 Å². The molecule has 0 aliphatic rings. The van der Waals surface area contributed by atoms with Crippen molar-refractivity contribution in [1.29, 1.82) is 0 Å². The molecule has 0 fully saturated rings. The van der Waals surface area contributed by atoms with E-state index < -0.39 is 0 Å². The number of aliphatic imine (C=N–C) groups is 1. The molecule has 2 aromatic carbocycles. The van der Waals surface area contributed by atoms with E-state index in [9.17, 15) is 4.39 Å². The Balaban J connectivity index is 2.24. The van der Waals surface area contributed by atoms with Gasteiger partial charge in [0.05, 0.1) is 19.9 Å². The van der Waals surface area contributed by atoms with Gasteiger partial charge in [0.1, 0.15) is 17.3 Å². The maximum absolute atomic E-state index is 12.8. The molecule has 0 amide bonds. The fourth-order valence-electron chi connectivity index (χ4n) is 1.56. The first-order chi connectivity index (χ1) is 9.21. The second-order valence-electron chi connectivity index (χ2n) is 3.88. The molecule has 0 saturated carbocycles. The highest BCUT2D eigenvalue weighted by atomic mass is 19.1. The molecule has 0 unspecified atom stereocenters. The molecule has 0 N–H and O–H groups in total. The molecule has 0 spiro atoms. The zero-order valence-corrected chi connectivity index (χ0v) is 10.8. The van der Waals surface area contributed by atoms with Crippen molar-refractivity contribution in [3.8, 4) is 11.5 Å². The normalized spacial score (nSPS) is 10.7. The van der Waals surface area contributed by atoms with Crippen molar-refractivity contribution >= 4 is 11.9 Å². The maximum Gasteiger partial charge on any atom is 0.124 e. The molecule has 0 aliphatic carbocycles. The van der Waals surface area contributed by atoms with Gasteiger partial charge >= 0.3 is 0 Å². The van der Waals surface area contributed by atoms with E-state index in [1.165, 1.54) is 12.1 Å². The van der Waals surface area contributed by atoms with Gasteiger partial charge in [-0.1, -0.05) is 12.1 Å². The summed E-state index contributed by atoms with van der Waals surface area (Å²) in [6.45, 7) is 0. The number of hydrogen-bond donors (Lipinski definition) is 0. The summed E-state index contributed by atoms with van der Waals surface area (Å²) in [5, 5.41) is 0. The van der Waals surface area contributed by atoms with Crippen molar-refractivity contribution in [1.82, 2.24) is 0 Å². The van der Waals surface area contributed by atoms with Crippen LogP contribution in [0.1, 0.15) is 5.56 Å². The maximum atomic E-state index is 12.8. The van der Waals surface area contributed by atoms with Crippen LogP contribution < -0.4 is 9.47 Å². The van der Waals surface area contributed by atoms with E-state index in [0.717, 1.165) is 5.56 Å². The number of nitrogens with zero attached hydrogens (tertiary/aromatic N) is 1. The molecule has 2 rings (SSSR count). The number of halogens is 1. The molecule has 0 radical (unpaired) electrons. The largest absolute Gasteiger partial charge is 0.497 e. The third kappa shape index (κ3) is 3.55. The van der Waals surface area contributed by atoms with Crippen molar-refractivity contribution in [2.75, 3.05) is 14.2 Å². The molecule has 3 nitrogen and oxygen atoms in total. The van der Waals surface area contributed by atoms with Crippen molar-refractivity contribution in [3.63, 3.8) is 0 Å². The minimum atomic E-state index is -0.264. The first-order valence-corrected chi connectivity index (χ1v) is 5.74. The number of rotatable bonds is 4. The minimum Gasteiger partial charge on any atom is -0.497 e. The van der Waals surface area contributed by atoms with Gasteiger partial charge in [0.25, 0.3) is 0 Å². The molecule has 0 saturated heterocycles. The summed E-state index contributed by atoms with van der Waals surface area (Å²) in [5.41, 5.74) is 1.53. The third-order valence-corrected chi connectivity index (χ3v) is 2.57. The molecule has 0 aromatic heterocycles. The molecule has 0 atom stereocenters. The standard InChI is InChI=1S/C15H14FNO2/c1-18-14-7-13(8-15(9-14)19-2)17-10-11-3-5-12(16)6-4-11/h3-10H,1-2H3. The van der Waals surface area contributed by atoms with E-state index in [2.05, 4.69) is 4.99 Å². The molecule has 98 valence electrons. The molecule has 4 heteroatoms. The Morgan fingerprint density at radius 2 is 1.53 bits per heavy atom. The van der Waals surface area contributed by atoms with Gasteiger partial charge < -0.3 is 9.47 Å². The van der Waals surface area contributed by atoms with Crippen LogP contribution in [0.15, 0.2) is 47.5 Å². The first kappa shape index (κ1) is 13.1. The topological polar surface area (TPSA) is 30.8 Å². The summed E-state index contributed by atoms with van der Waals surface area (Å²) >= 11 is 0. The van der Waals surface area contributed by atoms with E-state index >= 15 is 0 Å². The quantitative estimate of drug-likeness (QED) is 0.785. The summed E-state index contributed by atoms with van der Waals surface area (Å²) in [6.07, 6.45) is 1.66. The molecular formula is C15H14FNO2. The summed E-state index contributed by atoms with van der Waals surface area (Å²) in [5.74, 6) is 1.08. The van der Waals surface area contributed by atoms with Crippen LogP contribution in [-0.2, 0) is 0 Å². The fourth-order valence-corrected chi connectivity index (χ4v) is 1.56. The second-order valence-corrected chi connectivity index (χ2v) is 3.88. The van der Waals surface area contributed by atoms with Crippen LogP contribution in [0.4, 0.5) is 10.1 Å². The number of ether oxygens (including phenoxy) is 2. The average Bonchev–Trinajstić information content (AvgIpc) is 2.46. The minimum absolute atomic E-state index is 0.264. The number of hydrogen-bond acceptors (Lipinski definition) is 3. The number of benzene rings is 2. The van der Waals surface area contributed by atoms with Crippen molar-refractivity contribution in [2.24, 2.45) is 4.99 Å². The van der Waals surface area contributed by atoms with Gasteiger partial charge in [0.2, 0.25) is 0 Å². The lowest BCUT2D eigenvalue weighted by Gasteiger charge is -2.05. The third-order valence-electron chi connectivity index (χ3n) is 2.57. The monoisotopic (exact) mass is 259 g/mol. The van der Waals surface area contributed by atoms with Crippen LogP contribution in [-0.4, -0.2) is 20.4 Å². The van der Waals surface area contributed by atoms with E-state index in [1.807, 2.05) is 0 Å². The van der Waals surface area contributed by atoms with Gasteiger partial charge in [0.15, 0.2) is 0 Å². The number of methoxy groups -OCH3 is 2. The Labute approximate surface area is 111 Å². The highest BCUT2D eigenvalue weighted by Gasteiger charge is 2.00. The van der Waals surface area contributed by atoms with Gasteiger partial charge in [0, 0.05) is 24.4 Å². The van der Waals surface area contributed by atoms with Gasteiger partial charge in [-0.15, -0.1) is 0 Å². The van der Waals surface area contributed by atoms with Gasteiger partial charge in [-0.3, -0.25) is 4.99 Å². The van der Waals surface area contributed by atoms with E-state index in [4.69, 9.17) is 9.47 Å². The van der Waals surface area contributed by atoms with Crippen LogP contribution in [0.5, 0.6) is 11.5 Å². The van der Waals surface area contributed by atoms with Crippen LogP contribution in [0.25, 0.3) is 0 Å². The first-order valence-electron chi connectivity index (χ1n) is 5.74. The lowest BCUT2D eigenvalue weighted by molar-refractivity contribution is 0.394. The Morgan fingerprint density at radius 3 is 2.05 bits per heavy atom. The van der Waals surface area contributed by atoms with E-state index in [1.54, 1.807) is 50.8 Å². The summed E-state index contributed by atoms with van der Waals surface area (Å²) < 4.78 is 23.1. The lowest BCUT2D eigenvalue weighted by atomic mass is 10.2. The summed E-state index contributed by atoms with van der Waals surface area (Å²) in [6, 6.07) is 11.5. The molecule has 0 bridgehead atoms. The van der Waals surface area contributed by atoms with Crippen LogP contribution in [0.3, 0.4) is 0 Å². The van der Waals surface area contributed by atoms with E-state index in [-0.39, 0.29) is 5.82 Å². The Bertz CT molecular complexity index is 557. The Kier molecular flexibility index (Phi) is 4.13. The zero-order valence-electron chi connectivity index (χ0n) is 10.8. The molecular weight excluding hydrogens is 245 g/mol. The molecule has 19 heavy (non-hydrogen) atoms. The average molecular weight is 259 g/mol. The van der Waals surface area contributed by atoms with Gasteiger partial charge in [-0.05, 0) is 17.7 Å². The highest BCUT2D eigenvalue weighted by molar-refractivity contribution is 5.82. The van der Waals surface area contributed by atoms with Crippen molar-refractivity contribution in [3.05, 3.63) is 53.8 Å². The molecule has 0 heterocycles. The van der Waals surface area contributed by atoms with E-state index in [0.29, 0.717) is 17.2 Å². The SMILES string of the molecule is COc1cc(N=Cc2ccc(F)cc2)cc(OC)c1. The van der Waals surface area contributed by atoms with Crippen LogP contribution in [0, 0.1) is 5.82 Å². The molecule has 2 aromatic rings. The predicted octanol–water partition coefficient (Wildman–Crippen LogP) is 3.59. The van der Waals surface area contributed by atoms with Gasteiger partial charge in [-0.25, -0.2) is 4.39 Å². The second kappa shape index (κ2) is 6.00. The molecule has 0 aliphatic heterocycles. The Morgan fingerprint density at radius 1 is 0.947 bits per heavy atom. The zero-order chi connectivity index (χ0) is 13.7. The van der Waals surface area contributed by atoms with Crippen LogP contribution in [0.2, 0.25) is 0 Å². The fraction of sp³-hybridized carbons (Fsp3) is 0.133. The summed E-state index contributed by atoms with van der Waals surface area (Å²) in [4.78, 5) is 4.32. The summed E-state index contributed by atoms with van der Waals surface area (Å²) in [7, 11) is 3.17. The highest BCUT2D eigenvalue weighted by Crippen LogP contribution is 2.27. The van der Waals surface area contributed by atoms with Crippen molar-refractivity contribution < 1.29 is 13.9 Å². The van der Waals surface area contributed by atoms with Gasteiger partial charge in [-0.2, -0.15) is 0 Å².